The molecule has 0 spiro atoms. The molecule has 74 valence electrons. The van der Waals surface area contributed by atoms with Crippen LogP contribution in [0.1, 0.15) is 6.42 Å². The molecule has 1 aliphatic carbocycles. The smallest absolute Gasteiger partial charge is 0.336 e. The van der Waals surface area contributed by atoms with Gasteiger partial charge < -0.3 is 9.64 Å². The van der Waals surface area contributed by atoms with E-state index in [1.807, 2.05) is 18.1 Å². The average molecular weight is 191 g/mol. The molecule has 1 aliphatic heterocycles. The van der Waals surface area contributed by atoms with Gasteiger partial charge in [0.05, 0.1) is 12.7 Å². The molecule has 0 aromatic carbocycles. The predicted molar refractivity (Wildman–Crippen MR) is 53.2 cm³/mol. The van der Waals surface area contributed by atoms with Crippen molar-refractivity contribution in [3.05, 3.63) is 35.7 Å². The second kappa shape index (κ2) is 3.33. The fraction of sp³-hybridized carbons (Fsp3) is 0.364. The van der Waals surface area contributed by atoms with Gasteiger partial charge in [-0.2, -0.15) is 0 Å². The first-order valence-electron chi connectivity index (χ1n) is 4.61. The summed E-state index contributed by atoms with van der Waals surface area (Å²) in [4.78, 5) is 13.4. The molecule has 0 aromatic rings. The molecule has 0 radical (unpaired) electrons. The summed E-state index contributed by atoms with van der Waals surface area (Å²) in [6.45, 7) is 0. The Morgan fingerprint density at radius 1 is 1.57 bits per heavy atom. The molecular formula is C11H13NO2. The van der Waals surface area contributed by atoms with Gasteiger partial charge in [-0.25, -0.2) is 4.79 Å². The maximum Gasteiger partial charge on any atom is 0.336 e. The number of carbonyl (C=O) groups excluding carboxylic acids is 1. The standard InChI is InChI=1S/C11H13NO2/c1-12-6-8-4-3-5-9(8)10(7-12)11(13)14-2/h3,5-7,9H,4H2,1-2H3/t9-/m0/s1. The molecule has 2 aliphatic rings. The van der Waals surface area contributed by atoms with Crippen LogP contribution in [0.15, 0.2) is 35.7 Å². The van der Waals surface area contributed by atoms with Crippen molar-refractivity contribution in [3.63, 3.8) is 0 Å². The van der Waals surface area contributed by atoms with E-state index in [0.29, 0.717) is 0 Å². The number of ether oxygens (including phenoxy) is 1. The van der Waals surface area contributed by atoms with Crippen molar-refractivity contribution in [1.82, 2.24) is 4.90 Å². The monoisotopic (exact) mass is 191 g/mol. The Kier molecular flexibility index (Phi) is 2.15. The lowest BCUT2D eigenvalue weighted by Crippen LogP contribution is -2.21. The first-order valence-corrected chi connectivity index (χ1v) is 4.61. The van der Waals surface area contributed by atoms with E-state index >= 15 is 0 Å². The Balaban J connectivity index is 2.31. The van der Waals surface area contributed by atoms with Gasteiger partial charge in [0.25, 0.3) is 0 Å². The molecule has 0 amide bonds. The van der Waals surface area contributed by atoms with E-state index in [9.17, 15) is 4.79 Å². The number of rotatable bonds is 1. The van der Waals surface area contributed by atoms with Gasteiger partial charge in [-0.05, 0) is 12.0 Å². The van der Waals surface area contributed by atoms with E-state index in [4.69, 9.17) is 4.74 Å². The molecule has 0 aromatic heterocycles. The van der Waals surface area contributed by atoms with Crippen LogP contribution in [0.5, 0.6) is 0 Å². The third kappa shape index (κ3) is 1.35. The van der Waals surface area contributed by atoms with E-state index < -0.39 is 0 Å². The molecule has 14 heavy (non-hydrogen) atoms. The summed E-state index contributed by atoms with van der Waals surface area (Å²) >= 11 is 0. The quantitative estimate of drug-likeness (QED) is 0.464. The maximum absolute atomic E-state index is 11.5. The zero-order chi connectivity index (χ0) is 10.1. The number of carbonyl (C=O) groups is 1. The van der Waals surface area contributed by atoms with Gasteiger partial charge >= 0.3 is 5.97 Å². The second-order valence-electron chi connectivity index (χ2n) is 3.56. The SMILES string of the molecule is COC(=O)C1=CN(C)C=C2CC=C[C@@H]21. The van der Waals surface area contributed by atoms with Gasteiger partial charge in [0.2, 0.25) is 0 Å². The Bertz CT molecular complexity index is 352. The Hall–Kier alpha value is -1.51. The van der Waals surface area contributed by atoms with Crippen LogP contribution in [0, 0.1) is 5.92 Å². The molecule has 0 saturated carbocycles. The third-order valence-electron chi connectivity index (χ3n) is 2.55. The minimum atomic E-state index is -0.237. The number of allylic oxidation sites excluding steroid dienone is 3. The van der Waals surface area contributed by atoms with Crippen molar-refractivity contribution >= 4 is 5.97 Å². The zero-order valence-corrected chi connectivity index (χ0v) is 8.36. The number of hydrogen-bond acceptors (Lipinski definition) is 3. The minimum Gasteiger partial charge on any atom is -0.466 e. The Morgan fingerprint density at radius 2 is 2.36 bits per heavy atom. The molecule has 2 rings (SSSR count). The summed E-state index contributed by atoms with van der Waals surface area (Å²) in [5.74, 6) is -0.0994. The lowest BCUT2D eigenvalue weighted by atomic mass is 9.93. The topological polar surface area (TPSA) is 29.5 Å². The zero-order valence-electron chi connectivity index (χ0n) is 8.36. The molecule has 0 fully saturated rings. The molecule has 1 heterocycles. The van der Waals surface area contributed by atoms with E-state index in [0.717, 1.165) is 12.0 Å². The molecule has 1 atom stereocenters. The summed E-state index contributed by atoms with van der Waals surface area (Å²) in [6.07, 6.45) is 8.98. The van der Waals surface area contributed by atoms with Crippen molar-refractivity contribution in [2.75, 3.05) is 14.2 Å². The fourth-order valence-corrected chi connectivity index (χ4v) is 1.92. The van der Waals surface area contributed by atoms with Crippen LogP contribution in [-0.2, 0) is 9.53 Å². The normalized spacial score (nSPS) is 24.1. The number of fused-ring (bicyclic) bond motifs is 1. The average Bonchev–Trinajstić information content (AvgIpc) is 2.62. The van der Waals surface area contributed by atoms with E-state index in [1.165, 1.54) is 12.7 Å². The minimum absolute atomic E-state index is 0.138. The van der Waals surface area contributed by atoms with Gasteiger partial charge in [0, 0.05) is 25.4 Å². The highest BCUT2D eigenvalue weighted by molar-refractivity contribution is 5.90. The van der Waals surface area contributed by atoms with E-state index in [2.05, 4.69) is 18.4 Å². The van der Waals surface area contributed by atoms with Crippen LogP contribution < -0.4 is 0 Å². The van der Waals surface area contributed by atoms with Crippen molar-refractivity contribution in [1.29, 1.82) is 0 Å². The summed E-state index contributed by atoms with van der Waals surface area (Å²) in [5, 5.41) is 0. The van der Waals surface area contributed by atoms with Gasteiger partial charge in [-0.1, -0.05) is 12.2 Å². The lowest BCUT2D eigenvalue weighted by molar-refractivity contribution is -0.136. The van der Waals surface area contributed by atoms with Crippen molar-refractivity contribution in [2.45, 2.75) is 6.42 Å². The van der Waals surface area contributed by atoms with Crippen LogP contribution in [0.3, 0.4) is 0 Å². The van der Waals surface area contributed by atoms with Crippen LogP contribution >= 0.6 is 0 Å². The molecular weight excluding hydrogens is 178 g/mol. The Labute approximate surface area is 83.3 Å². The predicted octanol–water partition coefficient (Wildman–Crippen LogP) is 1.45. The van der Waals surface area contributed by atoms with Crippen LogP contribution in [0.2, 0.25) is 0 Å². The maximum atomic E-state index is 11.5. The summed E-state index contributed by atoms with van der Waals surface area (Å²) in [5.41, 5.74) is 1.98. The van der Waals surface area contributed by atoms with Crippen molar-refractivity contribution < 1.29 is 9.53 Å². The second-order valence-corrected chi connectivity index (χ2v) is 3.56. The number of esters is 1. The Morgan fingerprint density at radius 3 is 3.07 bits per heavy atom. The lowest BCUT2D eigenvalue weighted by Gasteiger charge is -2.23. The third-order valence-corrected chi connectivity index (χ3v) is 2.55. The summed E-state index contributed by atoms with van der Waals surface area (Å²) in [7, 11) is 3.34. The number of nitrogens with zero attached hydrogens (tertiary/aromatic N) is 1. The highest BCUT2D eigenvalue weighted by atomic mass is 16.5. The van der Waals surface area contributed by atoms with Gasteiger partial charge in [-0.3, -0.25) is 0 Å². The van der Waals surface area contributed by atoms with Gasteiger partial charge in [0.15, 0.2) is 0 Å². The van der Waals surface area contributed by atoms with Crippen molar-refractivity contribution in [2.24, 2.45) is 5.92 Å². The summed E-state index contributed by atoms with van der Waals surface area (Å²) in [6, 6.07) is 0. The molecule has 3 heteroatoms. The van der Waals surface area contributed by atoms with E-state index in [1.54, 1.807) is 0 Å². The highest BCUT2D eigenvalue weighted by Crippen LogP contribution is 2.34. The van der Waals surface area contributed by atoms with Crippen LogP contribution in [0.25, 0.3) is 0 Å². The van der Waals surface area contributed by atoms with E-state index in [-0.39, 0.29) is 11.9 Å². The molecule has 3 nitrogen and oxygen atoms in total. The van der Waals surface area contributed by atoms with Gasteiger partial charge in [-0.15, -0.1) is 0 Å². The van der Waals surface area contributed by atoms with Crippen LogP contribution in [0.4, 0.5) is 0 Å². The fourth-order valence-electron chi connectivity index (χ4n) is 1.92. The van der Waals surface area contributed by atoms with Gasteiger partial charge in [0.1, 0.15) is 0 Å². The molecule has 0 bridgehead atoms. The highest BCUT2D eigenvalue weighted by Gasteiger charge is 2.28. The molecule has 0 saturated heterocycles. The largest absolute Gasteiger partial charge is 0.466 e. The van der Waals surface area contributed by atoms with Crippen LogP contribution in [-0.4, -0.2) is 25.0 Å². The van der Waals surface area contributed by atoms with Crippen molar-refractivity contribution in [3.8, 4) is 0 Å². The molecule has 0 N–H and O–H groups in total. The first kappa shape index (κ1) is 9.06. The molecule has 0 unspecified atom stereocenters. The number of hydrogen-bond donors (Lipinski definition) is 0. The number of methoxy groups -OCH3 is 1. The summed E-state index contributed by atoms with van der Waals surface area (Å²) < 4.78 is 4.75. The first-order chi connectivity index (χ1) is 6.72.